The summed E-state index contributed by atoms with van der Waals surface area (Å²) in [5.41, 5.74) is 0.687. The summed E-state index contributed by atoms with van der Waals surface area (Å²) in [6.07, 6.45) is 0. The Morgan fingerprint density at radius 1 is 1.38 bits per heavy atom. The van der Waals surface area contributed by atoms with E-state index in [0.29, 0.717) is 17.9 Å². The van der Waals surface area contributed by atoms with Gasteiger partial charge in [-0.2, -0.15) is 0 Å². The van der Waals surface area contributed by atoms with E-state index in [1.54, 1.807) is 13.2 Å². The van der Waals surface area contributed by atoms with E-state index in [9.17, 15) is 0 Å². The standard InChI is InChI=1S/C10H13NO2/c1-3-13-10(11)8-6-4-5-7-9(8)12-2/h4-7,11H,3H2,1-2H3. The predicted molar refractivity (Wildman–Crippen MR) is 51.4 cm³/mol. The molecule has 0 fully saturated rings. The second kappa shape index (κ2) is 4.50. The zero-order valence-corrected chi connectivity index (χ0v) is 7.83. The first kappa shape index (κ1) is 9.58. The minimum absolute atomic E-state index is 0.153. The number of ether oxygens (including phenoxy) is 2. The summed E-state index contributed by atoms with van der Waals surface area (Å²) in [4.78, 5) is 0. The Morgan fingerprint density at radius 2 is 2.08 bits per heavy atom. The van der Waals surface area contributed by atoms with Crippen molar-refractivity contribution in [3.05, 3.63) is 29.8 Å². The molecule has 1 aromatic carbocycles. The van der Waals surface area contributed by atoms with Crippen molar-refractivity contribution in [1.82, 2.24) is 0 Å². The van der Waals surface area contributed by atoms with Crippen LogP contribution < -0.4 is 4.74 Å². The number of rotatable bonds is 3. The minimum Gasteiger partial charge on any atom is -0.496 e. The second-order valence-electron chi connectivity index (χ2n) is 2.46. The summed E-state index contributed by atoms with van der Waals surface area (Å²) in [6.45, 7) is 2.35. The van der Waals surface area contributed by atoms with Crippen LogP contribution in [0.4, 0.5) is 0 Å². The molecule has 0 aliphatic carbocycles. The van der Waals surface area contributed by atoms with Gasteiger partial charge in [0.25, 0.3) is 0 Å². The molecule has 3 nitrogen and oxygen atoms in total. The second-order valence-corrected chi connectivity index (χ2v) is 2.46. The number of benzene rings is 1. The van der Waals surface area contributed by atoms with Gasteiger partial charge in [-0.3, -0.25) is 5.41 Å². The Hall–Kier alpha value is -1.51. The summed E-state index contributed by atoms with van der Waals surface area (Å²) in [5, 5.41) is 7.57. The van der Waals surface area contributed by atoms with E-state index < -0.39 is 0 Å². The highest BCUT2D eigenvalue weighted by molar-refractivity contribution is 5.94. The summed E-state index contributed by atoms with van der Waals surface area (Å²) < 4.78 is 10.2. The maximum Gasteiger partial charge on any atom is 0.217 e. The number of hydrogen-bond donors (Lipinski definition) is 1. The molecule has 1 N–H and O–H groups in total. The van der Waals surface area contributed by atoms with Crippen molar-refractivity contribution in [1.29, 1.82) is 5.41 Å². The number of nitrogens with one attached hydrogen (secondary N) is 1. The highest BCUT2D eigenvalue weighted by Crippen LogP contribution is 2.17. The lowest BCUT2D eigenvalue weighted by atomic mass is 10.2. The SMILES string of the molecule is CCOC(=N)c1ccccc1OC. The number of para-hydroxylation sites is 1. The number of hydrogen-bond acceptors (Lipinski definition) is 3. The fourth-order valence-corrected chi connectivity index (χ4v) is 1.05. The van der Waals surface area contributed by atoms with Gasteiger partial charge in [0.2, 0.25) is 5.90 Å². The molecule has 0 amide bonds. The van der Waals surface area contributed by atoms with Crippen LogP contribution >= 0.6 is 0 Å². The monoisotopic (exact) mass is 179 g/mol. The van der Waals surface area contributed by atoms with E-state index in [1.165, 1.54) is 0 Å². The maximum atomic E-state index is 7.57. The first-order valence-corrected chi connectivity index (χ1v) is 4.14. The lowest BCUT2D eigenvalue weighted by Gasteiger charge is -2.08. The van der Waals surface area contributed by atoms with Crippen LogP contribution in [0.25, 0.3) is 0 Å². The fraction of sp³-hybridized carbons (Fsp3) is 0.300. The summed E-state index contributed by atoms with van der Waals surface area (Å²) in [6, 6.07) is 7.33. The van der Waals surface area contributed by atoms with Crippen molar-refractivity contribution < 1.29 is 9.47 Å². The Labute approximate surface area is 77.8 Å². The third-order valence-electron chi connectivity index (χ3n) is 1.64. The molecule has 0 spiro atoms. The molecule has 0 saturated carbocycles. The molecule has 0 aromatic heterocycles. The van der Waals surface area contributed by atoms with E-state index in [-0.39, 0.29) is 5.90 Å². The van der Waals surface area contributed by atoms with Gasteiger partial charge in [0.05, 0.1) is 19.3 Å². The molecule has 0 aliphatic rings. The molecule has 0 radical (unpaired) electrons. The van der Waals surface area contributed by atoms with Gasteiger partial charge in [0.15, 0.2) is 0 Å². The Morgan fingerprint density at radius 3 is 2.69 bits per heavy atom. The molecule has 1 rings (SSSR count). The van der Waals surface area contributed by atoms with Crippen LogP contribution in [0.1, 0.15) is 12.5 Å². The molecule has 0 atom stereocenters. The van der Waals surface area contributed by atoms with Crippen molar-refractivity contribution >= 4 is 5.90 Å². The quantitative estimate of drug-likeness (QED) is 0.570. The largest absolute Gasteiger partial charge is 0.496 e. The van der Waals surface area contributed by atoms with Gasteiger partial charge in [-0.05, 0) is 19.1 Å². The van der Waals surface area contributed by atoms with E-state index in [0.717, 1.165) is 0 Å². The van der Waals surface area contributed by atoms with E-state index in [1.807, 2.05) is 25.1 Å². The van der Waals surface area contributed by atoms with Crippen LogP contribution in [0, 0.1) is 5.41 Å². The van der Waals surface area contributed by atoms with Crippen LogP contribution in [-0.4, -0.2) is 19.6 Å². The van der Waals surface area contributed by atoms with Crippen LogP contribution in [-0.2, 0) is 4.74 Å². The third-order valence-corrected chi connectivity index (χ3v) is 1.64. The highest BCUT2D eigenvalue weighted by Gasteiger charge is 2.07. The molecule has 0 heterocycles. The van der Waals surface area contributed by atoms with Crippen LogP contribution in [0.3, 0.4) is 0 Å². The van der Waals surface area contributed by atoms with Gasteiger partial charge in [-0.25, -0.2) is 0 Å². The molecule has 0 saturated heterocycles. The lowest BCUT2D eigenvalue weighted by molar-refractivity contribution is 0.323. The van der Waals surface area contributed by atoms with Crippen molar-refractivity contribution in [2.24, 2.45) is 0 Å². The third kappa shape index (κ3) is 2.21. The van der Waals surface area contributed by atoms with Crippen molar-refractivity contribution in [3.63, 3.8) is 0 Å². The molecule has 1 aromatic rings. The van der Waals surface area contributed by atoms with Crippen LogP contribution in [0.2, 0.25) is 0 Å². The minimum atomic E-state index is 0.153. The molecular weight excluding hydrogens is 166 g/mol. The summed E-state index contributed by atoms with van der Waals surface area (Å²) in [5.74, 6) is 0.820. The van der Waals surface area contributed by atoms with E-state index >= 15 is 0 Å². The van der Waals surface area contributed by atoms with Gasteiger partial charge < -0.3 is 9.47 Å². The zero-order valence-electron chi connectivity index (χ0n) is 7.83. The molecule has 0 unspecified atom stereocenters. The normalized spacial score (nSPS) is 9.38. The smallest absolute Gasteiger partial charge is 0.217 e. The van der Waals surface area contributed by atoms with Gasteiger partial charge in [0.1, 0.15) is 5.75 Å². The first-order valence-electron chi connectivity index (χ1n) is 4.14. The Bertz CT molecular complexity index is 297. The average Bonchev–Trinajstić information content (AvgIpc) is 2.18. The zero-order chi connectivity index (χ0) is 9.68. The van der Waals surface area contributed by atoms with Crippen molar-refractivity contribution in [2.45, 2.75) is 6.92 Å². The first-order chi connectivity index (χ1) is 6.29. The topological polar surface area (TPSA) is 42.3 Å². The van der Waals surface area contributed by atoms with E-state index in [2.05, 4.69) is 0 Å². The summed E-state index contributed by atoms with van der Waals surface area (Å²) >= 11 is 0. The molecular formula is C10H13NO2. The molecule has 0 bridgehead atoms. The number of methoxy groups -OCH3 is 1. The van der Waals surface area contributed by atoms with Gasteiger partial charge in [0, 0.05) is 0 Å². The summed E-state index contributed by atoms with van der Waals surface area (Å²) in [7, 11) is 1.58. The van der Waals surface area contributed by atoms with Gasteiger partial charge in [-0.1, -0.05) is 12.1 Å². The van der Waals surface area contributed by atoms with Crippen LogP contribution in [0.15, 0.2) is 24.3 Å². The lowest BCUT2D eigenvalue weighted by Crippen LogP contribution is -2.06. The van der Waals surface area contributed by atoms with Crippen molar-refractivity contribution in [2.75, 3.05) is 13.7 Å². The highest BCUT2D eigenvalue weighted by atomic mass is 16.5. The van der Waals surface area contributed by atoms with E-state index in [4.69, 9.17) is 14.9 Å². The van der Waals surface area contributed by atoms with Gasteiger partial charge in [-0.15, -0.1) is 0 Å². The fourth-order valence-electron chi connectivity index (χ4n) is 1.05. The van der Waals surface area contributed by atoms with Crippen molar-refractivity contribution in [3.8, 4) is 5.75 Å². The molecule has 70 valence electrons. The average molecular weight is 179 g/mol. The maximum absolute atomic E-state index is 7.57. The predicted octanol–water partition coefficient (Wildman–Crippen LogP) is 2.06. The molecule has 0 aliphatic heterocycles. The Balaban J connectivity index is 2.92. The van der Waals surface area contributed by atoms with Crippen LogP contribution in [0.5, 0.6) is 5.75 Å². The Kier molecular flexibility index (Phi) is 3.31. The molecule has 3 heteroatoms. The molecule has 13 heavy (non-hydrogen) atoms. The van der Waals surface area contributed by atoms with Gasteiger partial charge >= 0.3 is 0 Å².